The topological polar surface area (TPSA) is 58.4 Å². The number of anilines is 1. The van der Waals surface area contributed by atoms with Crippen molar-refractivity contribution < 1.29 is 9.47 Å². The first-order valence-corrected chi connectivity index (χ1v) is 8.58. The number of hydrogen-bond donors (Lipinski definition) is 0. The minimum Gasteiger partial charge on any atom is -0.497 e. The fourth-order valence-corrected chi connectivity index (χ4v) is 3.35. The highest BCUT2D eigenvalue weighted by Gasteiger charge is 2.24. The van der Waals surface area contributed by atoms with Crippen molar-refractivity contribution in [2.24, 2.45) is 0 Å². The van der Waals surface area contributed by atoms with Crippen LogP contribution in [0.3, 0.4) is 0 Å². The van der Waals surface area contributed by atoms with E-state index in [2.05, 4.69) is 40.2 Å². The van der Waals surface area contributed by atoms with Crippen LogP contribution in [0.2, 0.25) is 0 Å². The highest BCUT2D eigenvalue weighted by atomic mass is 16.5. The second-order valence-electron chi connectivity index (χ2n) is 6.26. The molecule has 0 amide bonds. The van der Waals surface area contributed by atoms with Gasteiger partial charge in [0, 0.05) is 19.3 Å². The van der Waals surface area contributed by atoms with Gasteiger partial charge in [0.1, 0.15) is 23.7 Å². The van der Waals surface area contributed by atoms with Crippen molar-refractivity contribution in [3.05, 3.63) is 65.9 Å². The van der Waals surface area contributed by atoms with E-state index in [0.717, 1.165) is 34.4 Å². The van der Waals surface area contributed by atoms with Crippen LogP contribution in [0.5, 0.6) is 5.75 Å². The van der Waals surface area contributed by atoms with Crippen LogP contribution in [-0.4, -0.2) is 31.8 Å². The summed E-state index contributed by atoms with van der Waals surface area (Å²) in [6, 6.07) is 18.2. The summed E-state index contributed by atoms with van der Waals surface area (Å²) >= 11 is 0. The summed E-state index contributed by atoms with van der Waals surface area (Å²) in [4.78, 5) is 6.53. The van der Waals surface area contributed by atoms with Crippen molar-refractivity contribution in [1.82, 2.24) is 4.98 Å². The molecule has 2 aromatic carbocycles. The molecule has 1 fully saturated rings. The highest BCUT2D eigenvalue weighted by Crippen LogP contribution is 2.29. The number of rotatable bonds is 3. The van der Waals surface area contributed by atoms with E-state index in [-0.39, 0.29) is 6.10 Å². The van der Waals surface area contributed by atoms with Gasteiger partial charge in [-0.3, -0.25) is 0 Å². The summed E-state index contributed by atoms with van der Waals surface area (Å²) in [6.45, 7) is 2.01. The lowest BCUT2D eigenvalue weighted by atomic mass is 10.0. The molecule has 0 spiro atoms. The predicted octanol–water partition coefficient (Wildman–Crippen LogP) is 3.69. The lowest BCUT2D eigenvalue weighted by Crippen LogP contribution is -2.39. The molecular weight excluding hydrogens is 326 g/mol. The van der Waals surface area contributed by atoms with Gasteiger partial charge in [-0.1, -0.05) is 18.2 Å². The maximum Gasteiger partial charge on any atom is 0.146 e. The Labute approximate surface area is 152 Å². The van der Waals surface area contributed by atoms with Crippen LogP contribution in [0.4, 0.5) is 5.82 Å². The van der Waals surface area contributed by atoms with Gasteiger partial charge in [0.2, 0.25) is 0 Å². The van der Waals surface area contributed by atoms with E-state index in [4.69, 9.17) is 9.47 Å². The quantitative estimate of drug-likeness (QED) is 0.724. The van der Waals surface area contributed by atoms with E-state index in [1.54, 1.807) is 25.4 Å². The molecule has 5 nitrogen and oxygen atoms in total. The lowest BCUT2D eigenvalue weighted by Gasteiger charge is -2.34. The number of methoxy groups -OCH3 is 1. The molecule has 0 radical (unpaired) electrons. The SMILES string of the molecule is COc1ccc2cc(C3CN(c4ncccc4C#N)CCO3)ccc2c1. The van der Waals surface area contributed by atoms with Gasteiger partial charge in [-0.25, -0.2) is 4.98 Å². The minimum atomic E-state index is -0.0520. The molecule has 0 saturated carbocycles. The van der Waals surface area contributed by atoms with E-state index < -0.39 is 0 Å². The average Bonchev–Trinajstić information content (AvgIpc) is 2.73. The van der Waals surface area contributed by atoms with E-state index in [9.17, 15) is 5.26 Å². The summed E-state index contributed by atoms with van der Waals surface area (Å²) in [6.07, 6.45) is 1.67. The molecule has 0 N–H and O–H groups in total. The van der Waals surface area contributed by atoms with Gasteiger partial charge in [-0.15, -0.1) is 0 Å². The first kappa shape index (κ1) is 16.4. The van der Waals surface area contributed by atoms with Gasteiger partial charge < -0.3 is 14.4 Å². The molecule has 1 unspecified atom stereocenters. The third kappa shape index (κ3) is 3.07. The molecule has 2 heterocycles. The number of morpholine rings is 1. The van der Waals surface area contributed by atoms with Gasteiger partial charge in [0.15, 0.2) is 0 Å². The van der Waals surface area contributed by atoms with E-state index in [0.29, 0.717) is 18.7 Å². The number of hydrogen-bond acceptors (Lipinski definition) is 5. The van der Waals surface area contributed by atoms with E-state index in [1.165, 1.54) is 0 Å². The zero-order valence-corrected chi connectivity index (χ0v) is 14.6. The lowest BCUT2D eigenvalue weighted by molar-refractivity contribution is 0.0396. The molecule has 0 bridgehead atoms. The van der Waals surface area contributed by atoms with Crippen LogP contribution in [0.25, 0.3) is 10.8 Å². The molecule has 1 aromatic heterocycles. The van der Waals surface area contributed by atoms with Crippen LogP contribution in [0, 0.1) is 11.3 Å². The largest absolute Gasteiger partial charge is 0.497 e. The minimum absolute atomic E-state index is 0.0520. The van der Waals surface area contributed by atoms with Crippen LogP contribution in [0.15, 0.2) is 54.7 Å². The second kappa shape index (κ2) is 7.03. The normalized spacial score (nSPS) is 17.1. The Morgan fingerprint density at radius 3 is 2.88 bits per heavy atom. The standard InChI is InChI=1S/C21H19N3O2/c1-25-19-7-6-15-11-17(5-4-16(15)12-19)20-14-24(9-10-26-20)21-18(13-22)3-2-8-23-21/h2-8,11-12,20H,9-10,14H2,1H3. The fraction of sp³-hybridized carbons (Fsp3) is 0.238. The highest BCUT2D eigenvalue weighted by molar-refractivity contribution is 5.84. The maximum absolute atomic E-state index is 9.33. The third-order valence-electron chi connectivity index (χ3n) is 4.72. The summed E-state index contributed by atoms with van der Waals surface area (Å²) in [5.74, 6) is 1.58. The number of ether oxygens (including phenoxy) is 2. The van der Waals surface area contributed by atoms with Gasteiger partial charge in [-0.2, -0.15) is 5.26 Å². The number of nitriles is 1. The summed E-state index contributed by atoms with van der Waals surface area (Å²) in [5.41, 5.74) is 1.72. The van der Waals surface area contributed by atoms with Crippen molar-refractivity contribution in [2.45, 2.75) is 6.10 Å². The van der Waals surface area contributed by atoms with Crippen LogP contribution in [-0.2, 0) is 4.74 Å². The second-order valence-corrected chi connectivity index (χ2v) is 6.26. The predicted molar refractivity (Wildman–Crippen MR) is 100 cm³/mol. The Bertz CT molecular complexity index is 980. The van der Waals surface area contributed by atoms with E-state index >= 15 is 0 Å². The van der Waals surface area contributed by atoms with Crippen LogP contribution < -0.4 is 9.64 Å². The van der Waals surface area contributed by atoms with E-state index in [1.807, 2.05) is 12.1 Å². The molecule has 3 aromatic rings. The third-order valence-corrected chi connectivity index (χ3v) is 4.72. The van der Waals surface area contributed by atoms with Crippen molar-refractivity contribution in [2.75, 3.05) is 31.7 Å². The number of aromatic nitrogens is 1. The van der Waals surface area contributed by atoms with Gasteiger partial charge in [0.05, 0.1) is 19.3 Å². The number of nitrogens with zero attached hydrogens (tertiary/aromatic N) is 3. The molecule has 0 aliphatic carbocycles. The number of fused-ring (bicyclic) bond motifs is 1. The molecule has 1 saturated heterocycles. The first-order valence-electron chi connectivity index (χ1n) is 8.58. The molecular formula is C21H19N3O2. The first-order chi connectivity index (χ1) is 12.8. The fourth-order valence-electron chi connectivity index (χ4n) is 3.35. The van der Waals surface area contributed by atoms with Crippen molar-refractivity contribution in [3.8, 4) is 11.8 Å². The molecule has 5 heteroatoms. The van der Waals surface area contributed by atoms with Gasteiger partial charge >= 0.3 is 0 Å². The summed E-state index contributed by atoms with van der Waals surface area (Å²) < 4.78 is 11.3. The van der Waals surface area contributed by atoms with Gasteiger partial charge in [-0.05, 0) is 46.7 Å². The number of benzene rings is 2. The smallest absolute Gasteiger partial charge is 0.146 e. The average molecular weight is 345 g/mol. The molecule has 1 atom stereocenters. The monoisotopic (exact) mass is 345 g/mol. The molecule has 4 rings (SSSR count). The Morgan fingerprint density at radius 2 is 2.04 bits per heavy atom. The Morgan fingerprint density at radius 1 is 1.19 bits per heavy atom. The molecule has 1 aliphatic rings. The molecule has 130 valence electrons. The Kier molecular flexibility index (Phi) is 4.42. The summed E-state index contributed by atoms with van der Waals surface area (Å²) in [5, 5.41) is 11.6. The zero-order valence-electron chi connectivity index (χ0n) is 14.6. The molecule has 26 heavy (non-hydrogen) atoms. The van der Waals surface area contributed by atoms with Gasteiger partial charge in [0.25, 0.3) is 0 Å². The Balaban J connectivity index is 1.61. The van der Waals surface area contributed by atoms with Crippen LogP contribution >= 0.6 is 0 Å². The Hall–Kier alpha value is -3.10. The molecule has 1 aliphatic heterocycles. The van der Waals surface area contributed by atoms with Crippen molar-refractivity contribution in [1.29, 1.82) is 5.26 Å². The zero-order chi connectivity index (χ0) is 17.9. The summed E-state index contributed by atoms with van der Waals surface area (Å²) in [7, 11) is 1.67. The van der Waals surface area contributed by atoms with Crippen molar-refractivity contribution in [3.63, 3.8) is 0 Å². The number of pyridine rings is 1. The van der Waals surface area contributed by atoms with Crippen LogP contribution in [0.1, 0.15) is 17.2 Å². The van der Waals surface area contributed by atoms with Crippen molar-refractivity contribution >= 4 is 16.6 Å². The maximum atomic E-state index is 9.33.